The summed E-state index contributed by atoms with van der Waals surface area (Å²) in [4.78, 5) is 0. The molecule has 0 aliphatic heterocycles. The predicted molar refractivity (Wildman–Crippen MR) is 81.2 cm³/mol. The van der Waals surface area contributed by atoms with Crippen molar-refractivity contribution in [1.82, 2.24) is 0 Å². The summed E-state index contributed by atoms with van der Waals surface area (Å²) in [5, 5.41) is 8.70. The van der Waals surface area contributed by atoms with Gasteiger partial charge >= 0.3 is 0 Å². The van der Waals surface area contributed by atoms with Gasteiger partial charge in [0.15, 0.2) is 0 Å². The summed E-state index contributed by atoms with van der Waals surface area (Å²) in [6.07, 6.45) is 5.44. The fourth-order valence-corrected chi connectivity index (χ4v) is 2.72. The highest BCUT2D eigenvalue weighted by atomic mass is 19.1. The molecule has 1 aromatic carbocycles. The van der Waals surface area contributed by atoms with Crippen LogP contribution in [-0.4, -0.2) is 17.8 Å². The van der Waals surface area contributed by atoms with E-state index in [1.54, 1.807) is 12.1 Å². The molecule has 0 radical (unpaired) electrons. The third kappa shape index (κ3) is 5.15. The van der Waals surface area contributed by atoms with E-state index < -0.39 is 0 Å². The van der Waals surface area contributed by atoms with Crippen molar-refractivity contribution in [2.45, 2.75) is 51.7 Å². The number of ether oxygens (including phenoxy) is 1. The van der Waals surface area contributed by atoms with Gasteiger partial charge in [-0.3, -0.25) is 0 Å². The van der Waals surface area contributed by atoms with Crippen LogP contribution in [0.3, 0.4) is 0 Å². The summed E-state index contributed by atoms with van der Waals surface area (Å²) in [5.41, 5.74) is 1.32. The van der Waals surface area contributed by atoms with Crippen LogP contribution >= 0.6 is 0 Å². The third-order valence-electron chi connectivity index (χ3n) is 3.86. The van der Waals surface area contributed by atoms with Gasteiger partial charge in [0.25, 0.3) is 0 Å². The predicted octanol–water partition coefficient (Wildman–Crippen LogP) is 3.65. The number of hydrogen-bond acceptors (Lipinski definition) is 2. The van der Waals surface area contributed by atoms with E-state index in [4.69, 9.17) is 9.84 Å². The van der Waals surface area contributed by atoms with Crippen LogP contribution in [0.4, 0.5) is 4.39 Å². The maximum absolute atomic E-state index is 13.6. The second-order valence-corrected chi connectivity index (χ2v) is 5.79. The first-order valence-electron chi connectivity index (χ1n) is 7.69. The minimum absolute atomic E-state index is 0.00269. The lowest BCUT2D eigenvalue weighted by Gasteiger charge is -2.26. The number of aliphatic hydroxyl groups is 1. The molecule has 3 heteroatoms. The molecule has 0 heterocycles. The summed E-state index contributed by atoms with van der Waals surface area (Å²) in [5.74, 6) is 5.92. The Morgan fingerprint density at radius 3 is 3.00 bits per heavy atom. The zero-order valence-electron chi connectivity index (χ0n) is 12.6. The maximum atomic E-state index is 13.6. The van der Waals surface area contributed by atoms with Gasteiger partial charge < -0.3 is 9.84 Å². The fraction of sp³-hybridized carbons (Fsp3) is 0.556. The van der Waals surface area contributed by atoms with E-state index in [9.17, 15) is 4.39 Å². The zero-order chi connectivity index (χ0) is 15.1. The van der Waals surface area contributed by atoms with E-state index in [0.29, 0.717) is 24.7 Å². The zero-order valence-corrected chi connectivity index (χ0v) is 12.6. The largest absolute Gasteiger partial charge is 0.395 e. The Morgan fingerprint density at radius 1 is 1.38 bits per heavy atom. The van der Waals surface area contributed by atoms with E-state index in [1.165, 1.54) is 18.9 Å². The quantitative estimate of drug-likeness (QED) is 0.858. The van der Waals surface area contributed by atoms with Crippen LogP contribution in [0.25, 0.3) is 0 Å². The van der Waals surface area contributed by atoms with Crippen molar-refractivity contribution >= 4 is 0 Å². The maximum Gasteiger partial charge on any atom is 0.138 e. The SMILES string of the molecule is CC1CCCC(OCc2ccc(F)c(C#CCCO)c2)C1. The number of rotatable bonds is 4. The van der Waals surface area contributed by atoms with E-state index in [-0.39, 0.29) is 12.4 Å². The Hall–Kier alpha value is -1.37. The van der Waals surface area contributed by atoms with Crippen molar-refractivity contribution in [3.63, 3.8) is 0 Å². The normalized spacial score (nSPS) is 21.7. The van der Waals surface area contributed by atoms with E-state index in [1.807, 2.05) is 0 Å². The Balaban J connectivity index is 1.94. The van der Waals surface area contributed by atoms with Crippen LogP contribution in [0.5, 0.6) is 0 Å². The molecule has 0 amide bonds. The van der Waals surface area contributed by atoms with E-state index in [2.05, 4.69) is 18.8 Å². The average Bonchev–Trinajstić information content (AvgIpc) is 2.48. The van der Waals surface area contributed by atoms with Crippen molar-refractivity contribution in [3.05, 3.63) is 35.1 Å². The smallest absolute Gasteiger partial charge is 0.138 e. The van der Waals surface area contributed by atoms with Gasteiger partial charge in [-0.05, 0) is 36.5 Å². The molecule has 0 spiro atoms. The lowest BCUT2D eigenvalue weighted by atomic mass is 9.89. The monoisotopic (exact) mass is 290 g/mol. The molecule has 21 heavy (non-hydrogen) atoms. The third-order valence-corrected chi connectivity index (χ3v) is 3.86. The highest BCUT2D eigenvalue weighted by Gasteiger charge is 2.19. The van der Waals surface area contributed by atoms with Crippen molar-refractivity contribution in [1.29, 1.82) is 0 Å². The summed E-state index contributed by atoms with van der Waals surface area (Å²) in [6, 6.07) is 4.93. The lowest BCUT2D eigenvalue weighted by molar-refractivity contribution is 0.00464. The molecule has 0 aromatic heterocycles. The van der Waals surface area contributed by atoms with Gasteiger partial charge in [-0.25, -0.2) is 4.39 Å². The molecule has 1 fully saturated rings. The minimum atomic E-state index is -0.324. The van der Waals surface area contributed by atoms with E-state index >= 15 is 0 Å². The Bertz CT molecular complexity index is 516. The van der Waals surface area contributed by atoms with Crippen LogP contribution in [0.2, 0.25) is 0 Å². The van der Waals surface area contributed by atoms with Gasteiger partial charge in [-0.2, -0.15) is 0 Å². The van der Waals surface area contributed by atoms with Crippen molar-refractivity contribution < 1.29 is 14.2 Å². The van der Waals surface area contributed by atoms with Crippen LogP contribution in [0.15, 0.2) is 18.2 Å². The molecule has 2 rings (SSSR count). The molecular formula is C18H23FO2. The first-order valence-corrected chi connectivity index (χ1v) is 7.69. The summed E-state index contributed by atoms with van der Waals surface area (Å²) < 4.78 is 19.6. The Kier molecular flexibility index (Phi) is 6.22. The summed E-state index contributed by atoms with van der Waals surface area (Å²) >= 11 is 0. The highest BCUT2D eigenvalue weighted by molar-refractivity contribution is 5.38. The van der Waals surface area contributed by atoms with Gasteiger partial charge in [0.1, 0.15) is 5.82 Å². The first-order chi connectivity index (χ1) is 10.2. The second-order valence-electron chi connectivity index (χ2n) is 5.79. The van der Waals surface area contributed by atoms with Crippen molar-refractivity contribution in [2.75, 3.05) is 6.61 Å². The molecule has 1 aromatic rings. The fourth-order valence-electron chi connectivity index (χ4n) is 2.72. The van der Waals surface area contributed by atoms with Crippen LogP contribution in [-0.2, 0) is 11.3 Å². The molecule has 1 aliphatic rings. The first kappa shape index (κ1) is 16.0. The van der Waals surface area contributed by atoms with E-state index in [0.717, 1.165) is 24.3 Å². The van der Waals surface area contributed by atoms with Crippen molar-refractivity contribution in [3.8, 4) is 11.8 Å². The molecule has 2 atom stereocenters. The molecule has 2 unspecified atom stereocenters. The molecule has 0 saturated heterocycles. The van der Waals surface area contributed by atoms with Crippen molar-refractivity contribution in [2.24, 2.45) is 5.92 Å². The van der Waals surface area contributed by atoms with Gasteiger partial charge in [-0.15, -0.1) is 0 Å². The molecule has 1 saturated carbocycles. The van der Waals surface area contributed by atoms with Crippen LogP contribution in [0.1, 0.15) is 50.2 Å². The molecule has 2 nitrogen and oxygen atoms in total. The molecule has 1 aliphatic carbocycles. The van der Waals surface area contributed by atoms with Gasteiger partial charge in [-0.1, -0.05) is 37.7 Å². The number of hydrogen-bond donors (Lipinski definition) is 1. The molecular weight excluding hydrogens is 267 g/mol. The average molecular weight is 290 g/mol. The van der Waals surface area contributed by atoms with Gasteiger partial charge in [0.2, 0.25) is 0 Å². The molecule has 0 bridgehead atoms. The van der Waals surface area contributed by atoms with Crippen LogP contribution < -0.4 is 0 Å². The van der Waals surface area contributed by atoms with Crippen LogP contribution in [0, 0.1) is 23.6 Å². The minimum Gasteiger partial charge on any atom is -0.395 e. The molecule has 1 N–H and O–H groups in total. The standard InChI is InChI=1S/C18H23FO2/c1-14-5-4-7-17(11-14)21-13-15-8-9-18(19)16(12-15)6-2-3-10-20/h8-9,12,14,17,20H,3-5,7,10-11,13H2,1H3. The number of halogens is 1. The lowest BCUT2D eigenvalue weighted by Crippen LogP contribution is -2.21. The number of benzene rings is 1. The highest BCUT2D eigenvalue weighted by Crippen LogP contribution is 2.26. The topological polar surface area (TPSA) is 29.5 Å². The Morgan fingerprint density at radius 2 is 2.24 bits per heavy atom. The van der Waals surface area contributed by atoms with Gasteiger partial charge in [0, 0.05) is 6.42 Å². The number of aliphatic hydroxyl groups excluding tert-OH is 1. The Labute approximate surface area is 126 Å². The summed E-state index contributed by atoms with van der Waals surface area (Å²) in [7, 11) is 0. The molecule has 114 valence electrons. The summed E-state index contributed by atoms with van der Waals surface area (Å²) in [6.45, 7) is 2.77. The van der Waals surface area contributed by atoms with Gasteiger partial charge in [0.05, 0.1) is 24.9 Å². The second kappa shape index (κ2) is 8.17.